The number of hydrogen-bond acceptors (Lipinski definition) is 5. The average molecular weight is 310 g/mol. The highest BCUT2D eigenvalue weighted by Gasteiger charge is 2.22. The predicted octanol–water partition coefficient (Wildman–Crippen LogP) is 3.59. The van der Waals surface area contributed by atoms with Crippen LogP contribution in [-0.2, 0) is 0 Å². The summed E-state index contributed by atoms with van der Waals surface area (Å²) in [4.78, 5) is 12.3. The Hall–Kier alpha value is -2.95. The van der Waals surface area contributed by atoms with Crippen LogP contribution >= 0.6 is 0 Å². The summed E-state index contributed by atoms with van der Waals surface area (Å²) in [5.41, 5.74) is 1.19. The summed E-state index contributed by atoms with van der Waals surface area (Å²) >= 11 is 0. The van der Waals surface area contributed by atoms with Crippen molar-refractivity contribution >= 4 is 10.8 Å². The van der Waals surface area contributed by atoms with Crippen LogP contribution in [0.2, 0.25) is 0 Å². The van der Waals surface area contributed by atoms with Crippen LogP contribution in [0, 0.1) is 0 Å². The van der Waals surface area contributed by atoms with Gasteiger partial charge in [-0.25, -0.2) is 4.79 Å². The third-order valence-electron chi connectivity index (χ3n) is 3.73. The van der Waals surface area contributed by atoms with Crippen LogP contribution < -0.4 is 19.8 Å². The van der Waals surface area contributed by atoms with Gasteiger partial charge in [0.15, 0.2) is 11.5 Å². The molecule has 23 heavy (non-hydrogen) atoms. The van der Waals surface area contributed by atoms with Crippen LogP contribution in [0.3, 0.4) is 0 Å². The minimum atomic E-state index is -0.457. The molecule has 0 spiro atoms. The Morgan fingerprint density at radius 1 is 1.04 bits per heavy atom. The van der Waals surface area contributed by atoms with Gasteiger partial charge >= 0.3 is 5.63 Å². The third-order valence-corrected chi connectivity index (χ3v) is 3.73. The molecule has 2 aromatic carbocycles. The molecule has 2 heterocycles. The summed E-state index contributed by atoms with van der Waals surface area (Å²) in [6.45, 7) is 2.40. The maximum absolute atomic E-state index is 12.3. The van der Waals surface area contributed by atoms with E-state index in [2.05, 4.69) is 0 Å². The Labute approximate surface area is 132 Å². The van der Waals surface area contributed by atoms with Gasteiger partial charge in [0.05, 0.1) is 17.6 Å². The van der Waals surface area contributed by atoms with Gasteiger partial charge in [0.25, 0.3) is 5.95 Å². The zero-order valence-corrected chi connectivity index (χ0v) is 12.5. The fourth-order valence-electron chi connectivity index (χ4n) is 2.73. The second-order valence-corrected chi connectivity index (χ2v) is 5.10. The van der Waals surface area contributed by atoms with Gasteiger partial charge in [-0.3, -0.25) is 0 Å². The van der Waals surface area contributed by atoms with Crippen molar-refractivity contribution in [1.29, 1.82) is 0 Å². The topological polar surface area (TPSA) is 57.9 Å². The van der Waals surface area contributed by atoms with Crippen molar-refractivity contribution in [2.24, 2.45) is 0 Å². The number of fused-ring (bicyclic) bond motifs is 2. The van der Waals surface area contributed by atoms with Crippen LogP contribution in [0.4, 0.5) is 0 Å². The Bertz CT molecular complexity index is 928. The fraction of sp³-hybridized carbons (Fsp3) is 0.167. The normalized spacial score (nSPS) is 12.6. The van der Waals surface area contributed by atoms with E-state index in [0.29, 0.717) is 23.5 Å². The summed E-state index contributed by atoms with van der Waals surface area (Å²) in [6.07, 6.45) is 0. The van der Waals surface area contributed by atoms with Crippen LogP contribution in [-0.4, -0.2) is 13.4 Å². The molecule has 3 aromatic rings. The van der Waals surface area contributed by atoms with Gasteiger partial charge in [0.1, 0.15) is 0 Å². The Morgan fingerprint density at radius 3 is 2.43 bits per heavy atom. The van der Waals surface area contributed by atoms with Crippen molar-refractivity contribution in [2.75, 3.05) is 13.4 Å². The first kappa shape index (κ1) is 13.7. The molecule has 0 fully saturated rings. The number of rotatable bonds is 3. The van der Waals surface area contributed by atoms with Crippen molar-refractivity contribution in [3.63, 3.8) is 0 Å². The molecule has 0 saturated heterocycles. The lowest BCUT2D eigenvalue weighted by molar-refractivity contribution is 0.174. The molecule has 0 bridgehead atoms. The van der Waals surface area contributed by atoms with Crippen molar-refractivity contribution in [3.05, 3.63) is 52.9 Å². The molecule has 5 nitrogen and oxygen atoms in total. The Morgan fingerprint density at radius 2 is 1.74 bits per heavy atom. The van der Waals surface area contributed by atoms with Gasteiger partial charge in [0, 0.05) is 5.39 Å². The molecular weight excluding hydrogens is 296 g/mol. The predicted molar refractivity (Wildman–Crippen MR) is 85.2 cm³/mol. The molecule has 0 atom stereocenters. The van der Waals surface area contributed by atoms with Crippen LogP contribution in [0.5, 0.6) is 17.4 Å². The molecule has 0 unspecified atom stereocenters. The fourth-order valence-corrected chi connectivity index (χ4v) is 2.73. The lowest BCUT2D eigenvalue weighted by Gasteiger charge is -2.12. The zero-order valence-electron chi connectivity index (χ0n) is 12.5. The molecule has 0 aliphatic carbocycles. The second kappa shape index (κ2) is 5.35. The van der Waals surface area contributed by atoms with Crippen LogP contribution in [0.1, 0.15) is 6.92 Å². The molecule has 0 radical (unpaired) electrons. The van der Waals surface area contributed by atoms with E-state index in [-0.39, 0.29) is 12.7 Å². The van der Waals surface area contributed by atoms with Crippen LogP contribution in [0.15, 0.2) is 51.7 Å². The van der Waals surface area contributed by atoms with Gasteiger partial charge in [-0.2, -0.15) is 0 Å². The zero-order chi connectivity index (χ0) is 15.8. The van der Waals surface area contributed by atoms with Crippen molar-refractivity contribution in [3.8, 4) is 28.6 Å². The quantitative estimate of drug-likeness (QED) is 0.740. The first-order chi connectivity index (χ1) is 11.3. The van der Waals surface area contributed by atoms with Crippen molar-refractivity contribution in [1.82, 2.24) is 0 Å². The van der Waals surface area contributed by atoms with Crippen molar-refractivity contribution < 1.29 is 18.6 Å². The highest BCUT2D eigenvalue weighted by atomic mass is 16.7. The smallest absolute Gasteiger partial charge is 0.346 e. The SMILES string of the molecule is CCOc1oc(=O)c2cc3c(cc2c1-c1ccccc1)OCO3. The molecule has 1 aromatic heterocycles. The van der Waals surface area contributed by atoms with E-state index < -0.39 is 5.63 Å². The Kier molecular flexibility index (Phi) is 3.19. The third kappa shape index (κ3) is 2.21. The van der Waals surface area contributed by atoms with E-state index in [4.69, 9.17) is 18.6 Å². The maximum atomic E-state index is 12.3. The average Bonchev–Trinajstić information content (AvgIpc) is 3.02. The first-order valence-corrected chi connectivity index (χ1v) is 7.36. The van der Waals surface area contributed by atoms with E-state index in [9.17, 15) is 4.79 Å². The molecular formula is C18H14O5. The first-order valence-electron chi connectivity index (χ1n) is 7.36. The van der Waals surface area contributed by atoms with E-state index in [1.165, 1.54) is 0 Å². The van der Waals surface area contributed by atoms with E-state index >= 15 is 0 Å². The second-order valence-electron chi connectivity index (χ2n) is 5.10. The molecule has 1 aliphatic rings. The van der Waals surface area contributed by atoms with Gasteiger partial charge < -0.3 is 18.6 Å². The monoisotopic (exact) mass is 310 g/mol. The molecule has 0 amide bonds. The highest BCUT2D eigenvalue weighted by Crippen LogP contribution is 2.41. The van der Waals surface area contributed by atoms with Gasteiger partial charge in [-0.15, -0.1) is 0 Å². The maximum Gasteiger partial charge on any atom is 0.346 e. The largest absolute Gasteiger partial charge is 0.465 e. The summed E-state index contributed by atoms with van der Waals surface area (Å²) in [7, 11) is 0. The molecule has 4 rings (SSSR count). The summed E-state index contributed by atoms with van der Waals surface area (Å²) < 4.78 is 21.8. The van der Waals surface area contributed by atoms with Gasteiger partial charge in [-0.05, 0) is 24.6 Å². The minimum absolute atomic E-state index is 0.149. The lowest BCUT2D eigenvalue weighted by Crippen LogP contribution is -2.05. The van der Waals surface area contributed by atoms with E-state index in [1.807, 2.05) is 37.3 Å². The summed E-state index contributed by atoms with van der Waals surface area (Å²) in [5.74, 6) is 1.38. The molecule has 5 heteroatoms. The van der Waals surface area contributed by atoms with Crippen LogP contribution in [0.25, 0.3) is 21.9 Å². The summed E-state index contributed by atoms with van der Waals surface area (Å²) in [5, 5.41) is 1.16. The standard InChI is InChI=1S/C18H14O5/c1-2-20-18-16(11-6-4-3-5-7-11)12-8-14-15(22-10-21-14)9-13(12)17(19)23-18/h3-9H,2,10H2,1H3. The number of benzene rings is 2. The number of ether oxygens (including phenoxy) is 3. The number of hydrogen-bond donors (Lipinski definition) is 0. The van der Waals surface area contributed by atoms with Gasteiger partial charge in [-0.1, -0.05) is 30.3 Å². The summed E-state index contributed by atoms with van der Waals surface area (Å²) in [6, 6.07) is 13.1. The lowest BCUT2D eigenvalue weighted by atomic mass is 10.0. The molecule has 1 aliphatic heterocycles. The van der Waals surface area contributed by atoms with E-state index in [0.717, 1.165) is 16.5 Å². The molecule has 0 N–H and O–H groups in total. The van der Waals surface area contributed by atoms with Crippen molar-refractivity contribution in [2.45, 2.75) is 6.92 Å². The molecule has 0 saturated carbocycles. The highest BCUT2D eigenvalue weighted by molar-refractivity contribution is 5.99. The van der Waals surface area contributed by atoms with E-state index in [1.54, 1.807) is 12.1 Å². The Balaban J connectivity index is 2.10. The minimum Gasteiger partial charge on any atom is -0.465 e. The van der Waals surface area contributed by atoms with Gasteiger partial charge in [0.2, 0.25) is 6.79 Å². The molecule has 116 valence electrons.